The van der Waals surface area contributed by atoms with Crippen molar-refractivity contribution in [3.8, 4) is 11.5 Å². The molecule has 4 saturated heterocycles. The maximum absolute atomic E-state index is 13.3. The van der Waals surface area contributed by atoms with Gasteiger partial charge in [0, 0.05) is 24.6 Å². The van der Waals surface area contributed by atoms with Crippen LogP contribution in [0.15, 0.2) is 28.8 Å². The smallest absolute Gasteiger partial charge is 0.292 e. The molecule has 0 N–H and O–H groups in total. The number of piperidine rings is 3. The highest BCUT2D eigenvalue weighted by atomic mass is 16.7. The molecule has 7 nitrogen and oxygen atoms in total. The average Bonchev–Trinajstić information content (AvgIpc) is 3.46. The van der Waals surface area contributed by atoms with Crippen LogP contribution >= 0.6 is 0 Å². The monoisotopic (exact) mass is 381 g/mol. The highest BCUT2D eigenvalue weighted by Crippen LogP contribution is 2.48. The van der Waals surface area contributed by atoms with E-state index in [-0.39, 0.29) is 24.7 Å². The van der Waals surface area contributed by atoms with Crippen molar-refractivity contribution >= 4 is 5.91 Å². The summed E-state index contributed by atoms with van der Waals surface area (Å²) in [7, 11) is 0. The number of carbonyl (C=O) groups is 1. The molecule has 0 radical (unpaired) electrons. The quantitative estimate of drug-likeness (QED) is 0.796. The highest BCUT2D eigenvalue weighted by Gasteiger charge is 2.55. The minimum Gasteiger partial charge on any atom is -0.454 e. The molecule has 7 heteroatoms. The van der Waals surface area contributed by atoms with Gasteiger partial charge in [0.25, 0.3) is 5.91 Å². The Balaban J connectivity index is 1.38. The topological polar surface area (TPSA) is 68.0 Å². The Morgan fingerprint density at radius 3 is 2.71 bits per heavy atom. The van der Waals surface area contributed by atoms with Crippen molar-refractivity contribution in [2.24, 2.45) is 5.92 Å². The molecule has 146 valence electrons. The number of carbonyl (C=O) groups excluding carboxylic acids is 1. The molecule has 5 aliphatic heterocycles. The van der Waals surface area contributed by atoms with E-state index < -0.39 is 0 Å². The fraction of sp³-hybridized carbons (Fsp3) is 0.524. The number of hydrogen-bond acceptors (Lipinski definition) is 6. The largest absolute Gasteiger partial charge is 0.454 e. The number of rotatable bonds is 2. The van der Waals surface area contributed by atoms with Crippen LogP contribution in [0.2, 0.25) is 0 Å². The maximum atomic E-state index is 13.3. The van der Waals surface area contributed by atoms with Crippen LogP contribution in [0.4, 0.5) is 0 Å². The molecule has 0 saturated carbocycles. The third-order valence-corrected chi connectivity index (χ3v) is 6.92. The van der Waals surface area contributed by atoms with Gasteiger partial charge in [-0.05, 0) is 56.5 Å². The molecule has 0 aliphatic carbocycles. The van der Waals surface area contributed by atoms with E-state index >= 15 is 0 Å². The van der Waals surface area contributed by atoms with Crippen LogP contribution in [0, 0.1) is 12.8 Å². The highest BCUT2D eigenvalue weighted by molar-refractivity contribution is 5.92. The molecule has 1 aromatic carbocycles. The van der Waals surface area contributed by atoms with E-state index in [4.69, 9.17) is 14.0 Å². The van der Waals surface area contributed by atoms with Gasteiger partial charge < -0.3 is 18.9 Å². The zero-order valence-corrected chi connectivity index (χ0v) is 15.8. The standard InChI is InChI=1S/C21H23N3O4/c1-12-8-18(28-22-12)21(25)24-10-15(14-2-3-16-17(9-14)27-11-26-16)20-19(24)13-4-6-23(20)7-5-13/h2-3,8-9,13,15,19-20H,4-7,10-11H2,1H3/t15-,19+,20+/m1/s1. The van der Waals surface area contributed by atoms with Gasteiger partial charge in [-0.3, -0.25) is 9.69 Å². The molecular formula is C21H23N3O4. The third kappa shape index (κ3) is 2.32. The third-order valence-electron chi connectivity index (χ3n) is 6.92. The van der Waals surface area contributed by atoms with Crippen LogP contribution in [0.3, 0.4) is 0 Å². The van der Waals surface area contributed by atoms with Gasteiger partial charge in [0.15, 0.2) is 11.5 Å². The zero-order valence-electron chi connectivity index (χ0n) is 15.8. The van der Waals surface area contributed by atoms with Gasteiger partial charge in [-0.2, -0.15) is 0 Å². The van der Waals surface area contributed by atoms with Crippen LogP contribution in [0.5, 0.6) is 11.5 Å². The molecule has 28 heavy (non-hydrogen) atoms. The molecule has 1 amide bonds. The summed E-state index contributed by atoms with van der Waals surface area (Å²) in [5, 5.41) is 3.91. The molecule has 0 spiro atoms. The Bertz CT molecular complexity index is 933. The predicted octanol–water partition coefficient (Wildman–Crippen LogP) is 2.41. The summed E-state index contributed by atoms with van der Waals surface area (Å²) < 4.78 is 16.4. The normalized spacial score (nSPS) is 32.6. The maximum Gasteiger partial charge on any atom is 0.292 e. The first-order chi connectivity index (χ1) is 13.7. The first-order valence-corrected chi connectivity index (χ1v) is 10.1. The number of benzene rings is 1. The van der Waals surface area contributed by atoms with Crippen molar-refractivity contribution < 1.29 is 18.8 Å². The predicted molar refractivity (Wildman–Crippen MR) is 99.5 cm³/mol. The molecule has 2 bridgehead atoms. The Morgan fingerprint density at radius 1 is 1.11 bits per heavy atom. The van der Waals surface area contributed by atoms with Gasteiger partial charge in [-0.25, -0.2) is 0 Å². The lowest BCUT2D eigenvalue weighted by Gasteiger charge is -2.51. The summed E-state index contributed by atoms with van der Waals surface area (Å²) in [6.07, 6.45) is 2.32. The minimum atomic E-state index is -0.0346. The fourth-order valence-electron chi connectivity index (χ4n) is 5.70. The number of likely N-dealkylation sites (tertiary alicyclic amines) is 1. The molecule has 2 aromatic rings. The van der Waals surface area contributed by atoms with Crippen molar-refractivity contribution in [3.63, 3.8) is 0 Å². The van der Waals surface area contributed by atoms with Crippen LogP contribution in [0.25, 0.3) is 0 Å². The number of hydrogen-bond donors (Lipinski definition) is 0. The Hall–Kier alpha value is -2.54. The first-order valence-electron chi connectivity index (χ1n) is 10.1. The van der Waals surface area contributed by atoms with Crippen LogP contribution in [0.1, 0.15) is 40.6 Å². The van der Waals surface area contributed by atoms with Gasteiger partial charge >= 0.3 is 0 Å². The molecule has 6 heterocycles. The van der Waals surface area contributed by atoms with E-state index in [1.165, 1.54) is 5.56 Å². The van der Waals surface area contributed by atoms with Crippen LogP contribution in [-0.2, 0) is 0 Å². The van der Waals surface area contributed by atoms with E-state index in [0.29, 0.717) is 24.3 Å². The summed E-state index contributed by atoms with van der Waals surface area (Å²) in [6, 6.07) is 8.54. The molecule has 4 fully saturated rings. The van der Waals surface area contributed by atoms with E-state index in [0.717, 1.165) is 43.1 Å². The number of nitrogens with zero attached hydrogens (tertiary/aromatic N) is 3. The van der Waals surface area contributed by atoms with Crippen LogP contribution in [-0.4, -0.2) is 59.4 Å². The van der Waals surface area contributed by atoms with Crippen molar-refractivity contribution in [3.05, 3.63) is 41.3 Å². The fourth-order valence-corrected chi connectivity index (χ4v) is 5.70. The number of aromatic nitrogens is 1. The zero-order chi connectivity index (χ0) is 18.8. The van der Waals surface area contributed by atoms with E-state index in [1.807, 2.05) is 13.0 Å². The minimum absolute atomic E-state index is 0.0346. The summed E-state index contributed by atoms with van der Waals surface area (Å²) in [5.41, 5.74) is 1.95. The molecular weight excluding hydrogens is 358 g/mol. The second-order valence-electron chi connectivity index (χ2n) is 8.36. The van der Waals surface area contributed by atoms with Crippen molar-refractivity contribution in [1.29, 1.82) is 0 Å². The SMILES string of the molecule is Cc1cc(C(=O)N2C[C@H](c3ccc4c(c3)OCO4)[C@H]3[C@@H]2C2CCN3CC2)on1. The summed E-state index contributed by atoms with van der Waals surface area (Å²) >= 11 is 0. The molecule has 3 atom stereocenters. The number of ether oxygens (including phenoxy) is 2. The lowest BCUT2D eigenvalue weighted by Crippen LogP contribution is -2.60. The summed E-state index contributed by atoms with van der Waals surface area (Å²) in [5.74, 6) is 2.73. The molecule has 0 unspecified atom stereocenters. The van der Waals surface area contributed by atoms with Gasteiger partial charge in [0.1, 0.15) is 0 Å². The van der Waals surface area contributed by atoms with Crippen molar-refractivity contribution in [2.75, 3.05) is 26.4 Å². The lowest BCUT2D eigenvalue weighted by molar-refractivity contribution is -0.00452. The summed E-state index contributed by atoms with van der Waals surface area (Å²) in [6.45, 7) is 5.06. The van der Waals surface area contributed by atoms with Gasteiger partial charge in [-0.1, -0.05) is 11.2 Å². The van der Waals surface area contributed by atoms with Crippen molar-refractivity contribution in [2.45, 2.75) is 37.8 Å². The number of fused-ring (bicyclic) bond motifs is 3. The Morgan fingerprint density at radius 2 is 1.93 bits per heavy atom. The van der Waals surface area contributed by atoms with Gasteiger partial charge in [0.05, 0.1) is 11.7 Å². The summed E-state index contributed by atoms with van der Waals surface area (Å²) in [4.78, 5) is 17.9. The number of aryl methyl sites for hydroxylation is 1. The first kappa shape index (κ1) is 16.4. The lowest BCUT2D eigenvalue weighted by atomic mass is 9.75. The average molecular weight is 381 g/mol. The van der Waals surface area contributed by atoms with E-state index in [2.05, 4.69) is 27.1 Å². The van der Waals surface area contributed by atoms with Crippen molar-refractivity contribution in [1.82, 2.24) is 15.0 Å². The Labute approximate surface area is 163 Å². The van der Waals surface area contributed by atoms with E-state index in [1.54, 1.807) is 6.07 Å². The number of amides is 1. The van der Waals surface area contributed by atoms with E-state index in [9.17, 15) is 4.79 Å². The van der Waals surface area contributed by atoms with Gasteiger partial charge in [-0.15, -0.1) is 0 Å². The van der Waals surface area contributed by atoms with Gasteiger partial charge in [0.2, 0.25) is 12.6 Å². The molecule has 7 rings (SSSR count). The second kappa shape index (κ2) is 5.98. The Kier molecular flexibility index (Phi) is 3.50. The second-order valence-corrected chi connectivity index (χ2v) is 8.36. The molecule has 5 aliphatic rings. The van der Waals surface area contributed by atoms with Crippen LogP contribution < -0.4 is 9.47 Å². The molecule has 1 aromatic heterocycles.